The normalized spacial score (nSPS) is 12.3. The molecule has 3 N–H and O–H groups in total. The van der Waals surface area contributed by atoms with E-state index >= 15 is 0 Å². The molecule has 0 saturated carbocycles. The maximum absolute atomic E-state index is 11.9. The molecule has 1 heterocycles. The molecular weight excluding hydrogens is 936 g/mol. The van der Waals surface area contributed by atoms with Crippen LogP contribution in [0.15, 0.2) is 12.1 Å². The maximum atomic E-state index is 11.9. The van der Waals surface area contributed by atoms with E-state index in [-0.39, 0.29) is 18.8 Å². The van der Waals surface area contributed by atoms with Crippen LogP contribution in [0.25, 0.3) is 0 Å². The highest BCUT2D eigenvalue weighted by Gasteiger charge is 2.17. The van der Waals surface area contributed by atoms with Crippen LogP contribution in [0, 0.1) is 0 Å². The Balaban J connectivity index is 0.00000705. The van der Waals surface area contributed by atoms with Crippen molar-refractivity contribution < 1.29 is 24.1 Å². The minimum atomic E-state index is -0.839. The van der Waals surface area contributed by atoms with Crippen molar-refractivity contribution >= 4 is 18.4 Å². The summed E-state index contributed by atoms with van der Waals surface area (Å²) < 4.78 is 19.4. The van der Waals surface area contributed by atoms with E-state index in [9.17, 15) is 9.90 Å². The molecule has 1 fully saturated rings. The number of aliphatic carboxylic acids is 1. The molecule has 1 aliphatic rings. The average Bonchev–Trinajstić information content (AvgIpc) is 3.40. The van der Waals surface area contributed by atoms with Crippen molar-refractivity contribution in [2.24, 2.45) is 0 Å². The SMILES string of the molecule is C1CNCCN1.CCCCCCCCCCCCCCCCCCOc1cc(CC(=O)O)cc(OCCCCCCCCCCCCCCCCCC)c1OCCCCCCCCCCCCCCCCCC.Cl. The van der Waals surface area contributed by atoms with Crippen LogP contribution in [-0.2, 0) is 11.2 Å². The fourth-order valence-electron chi connectivity index (χ4n) is 10.4. The fraction of sp³-hybridized carbons (Fsp3) is 0.894. The number of rotatable bonds is 56. The highest BCUT2D eigenvalue weighted by atomic mass is 35.5. The number of hydrogen-bond donors (Lipinski definition) is 3. The van der Waals surface area contributed by atoms with Gasteiger partial charge in [0.2, 0.25) is 5.75 Å². The zero-order chi connectivity index (χ0) is 52.4. The summed E-state index contributed by atoms with van der Waals surface area (Å²) in [7, 11) is 0. The summed E-state index contributed by atoms with van der Waals surface area (Å²) in [5.74, 6) is 1.13. The van der Waals surface area contributed by atoms with Gasteiger partial charge in [0.15, 0.2) is 11.5 Å². The van der Waals surface area contributed by atoms with Crippen molar-refractivity contribution in [1.29, 1.82) is 0 Å². The lowest BCUT2D eigenvalue weighted by atomic mass is 10.0. The van der Waals surface area contributed by atoms with E-state index in [1.165, 1.54) is 276 Å². The predicted molar refractivity (Wildman–Crippen MR) is 326 cm³/mol. The first-order valence-electron chi connectivity index (χ1n) is 32.8. The van der Waals surface area contributed by atoms with Crippen molar-refractivity contribution in [3.63, 3.8) is 0 Å². The Morgan fingerprint density at radius 1 is 0.351 bits per heavy atom. The smallest absolute Gasteiger partial charge is 0.307 e. The molecule has 8 heteroatoms. The van der Waals surface area contributed by atoms with Crippen LogP contribution >= 0.6 is 12.4 Å². The van der Waals surface area contributed by atoms with Crippen molar-refractivity contribution in [2.45, 2.75) is 335 Å². The first-order valence-corrected chi connectivity index (χ1v) is 32.8. The van der Waals surface area contributed by atoms with Gasteiger partial charge in [0, 0.05) is 26.2 Å². The monoisotopic (exact) mass is 1060 g/mol. The first kappa shape index (κ1) is 72.3. The first-order chi connectivity index (χ1) is 36.1. The molecule has 0 atom stereocenters. The largest absolute Gasteiger partial charge is 0.490 e. The summed E-state index contributed by atoms with van der Waals surface area (Å²) >= 11 is 0. The number of carbonyl (C=O) groups is 1. The molecule has 0 amide bonds. The van der Waals surface area contributed by atoms with E-state index < -0.39 is 5.97 Å². The van der Waals surface area contributed by atoms with Crippen LogP contribution < -0.4 is 24.8 Å². The Morgan fingerprint density at radius 3 is 0.757 bits per heavy atom. The molecule has 0 aliphatic carbocycles. The molecule has 1 saturated heterocycles. The number of ether oxygens (including phenoxy) is 3. The van der Waals surface area contributed by atoms with Gasteiger partial charge in [-0.3, -0.25) is 4.79 Å². The van der Waals surface area contributed by atoms with E-state index in [4.69, 9.17) is 14.2 Å². The van der Waals surface area contributed by atoms with E-state index in [0.29, 0.717) is 42.6 Å². The van der Waals surface area contributed by atoms with Crippen molar-refractivity contribution in [1.82, 2.24) is 10.6 Å². The molecule has 2 rings (SSSR count). The highest BCUT2D eigenvalue weighted by molar-refractivity contribution is 5.85. The second-order valence-electron chi connectivity index (χ2n) is 22.4. The number of carboxylic acids is 1. The Bertz CT molecular complexity index is 1190. The fourth-order valence-corrected chi connectivity index (χ4v) is 10.4. The minimum Gasteiger partial charge on any atom is -0.490 e. The van der Waals surface area contributed by atoms with Gasteiger partial charge in [-0.1, -0.05) is 310 Å². The number of carboxylic acid groups (broad SMARTS) is 1. The molecule has 1 aliphatic heterocycles. The molecule has 0 unspecified atom stereocenters. The third kappa shape index (κ3) is 51.1. The molecule has 0 radical (unpaired) electrons. The molecule has 74 heavy (non-hydrogen) atoms. The van der Waals surface area contributed by atoms with Crippen LogP contribution in [-0.4, -0.2) is 57.1 Å². The van der Waals surface area contributed by atoms with Gasteiger partial charge in [0.05, 0.1) is 26.2 Å². The predicted octanol–water partition coefficient (Wildman–Crippen LogP) is 20.8. The number of hydrogen-bond acceptors (Lipinski definition) is 6. The quantitative estimate of drug-likeness (QED) is 0.0560. The lowest BCUT2D eigenvalue weighted by Gasteiger charge is -2.19. The summed E-state index contributed by atoms with van der Waals surface area (Å²) in [5, 5.41) is 16.2. The van der Waals surface area contributed by atoms with Crippen LogP contribution in [0.5, 0.6) is 17.2 Å². The van der Waals surface area contributed by atoms with Crippen molar-refractivity contribution in [2.75, 3.05) is 46.0 Å². The van der Waals surface area contributed by atoms with Gasteiger partial charge in [0.25, 0.3) is 0 Å². The van der Waals surface area contributed by atoms with Gasteiger partial charge in [-0.25, -0.2) is 0 Å². The zero-order valence-electron chi connectivity index (χ0n) is 49.7. The van der Waals surface area contributed by atoms with Crippen LogP contribution in [0.4, 0.5) is 0 Å². The molecule has 438 valence electrons. The lowest BCUT2D eigenvalue weighted by Crippen LogP contribution is -2.39. The van der Waals surface area contributed by atoms with Crippen LogP contribution in [0.2, 0.25) is 0 Å². The summed E-state index contributed by atoms with van der Waals surface area (Å²) in [6.45, 7) is 13.3. The molecule has 7 nitrogen and oxygen atoms in total. The Hall–Kier alpha value is -1.70. The number of benzene rings is 1. The maximum Gasteiger partial charge on any atom is 0.307 e. The number of nitrogens with one attached hydrogen (secondary N) is 2. The second kappa shape index (κ2) is 60.5. The summed E-state index contributed by atoms with van der Waals surface area (Å²) in [6.07, 6.45) is 64.5. The molecule has 0 aromatic heterocycles. The van der Waals surface area contributed by atoms with E-state index in [1.54, 1.807) is 0 Å². The highest BCUT2D eigenvalue weighted by Crippen LogP contribution is 2.40. The van der Waals surface area contributed by atoms with Crippen LogP contribution in [0.3, 0.4) is 0 Å². The van der Waals surface area contributed by atoms with Crippen LogP contribution in [0.1, 0.15) is 335 Å². The zero-order valence-corrected chi connectivity index (χ0v) is 50.6. The second-order valence-corrected chi connectivity index (χ2v) is 22.4. The van der Waals surface area contributed by atoms with Crippen molar-refractivity contribution in [3.05, 3.63) is 17.7 Å². The summed E-state index contributed by atoms with van der Waals surface area (Å²) in [4.78, 5) is 11.9. The van der Waals surface area contributed by atoms with Crippen molar-refractivity contribution in [3.8, 4) is 17.2 Å². The Labute approximate surface area is 467 Å². The third-order valence-electron chi connectivity index (χ3n) is 15.1. The number of piperazine rings is 1. The van der Waals surface area contributed by atoms with Gasteiger partial charge in [-0.2, -0.15) is 0 Å². The number of halogens is 1. The summed E-state index contributed by atoms with van der Waals surface area (Å²) in [6, 6.07) is 3.79. The Morgan fingerprint density at radius 2 is 0.554 bits per heavy atom. The third-order valence-corrected chi connectivity index (χ3v) is 15.1. The van der Waals surface area contributed by atoms with E-state index in [1.807, 2.05) is 12.1 Å². The van der Waals surface area contributed by atoms with Gasteiger partial charge in [0.1, 0.15) is 0 Å². The standard InChI is InChI=1S/C62H116O5.C4H10N2.ClH/c1-4-7-10-13-16-19-22-25-28-31-34-37-40-43-46-49-52-65-59-55-58(57-61(63)64)56-60(66-53-50-47-44-41-38-35-32-29-26-23-20-17-14-11-8-5-2)62(59)67-54-51-48-45-42-39-36-33-30-27-24-21-18-15-12-9-6-3;1-2-6-4-3-5-1;/h55-56H,4-54,57H2,1-3H3,(H,63,64);5-6H,1-4H2;1H. The molecule has 1 aromatic rings. The molecular formula is C66H127ClN2O5. The Kier molecular flexibility index (Phi) is 59.1. The minimum absolute atomic E-state index is 0. The van der Waals surface area contributed by atoms with E-state index in [2.05, 4.69) is 31.4 Å². The van der Waals surface area contributed by atoms with Gasteiger partial charge < -0.3 is 30.0 Å². The average molecular weight is 1060 g/mol. The molecule has 1 aromatic carbocycles. The number of unbranched alkanes of at least 4 members (excludes halogenated alkanes) is 45. The topological polar surface area (TPSA) is 89.1 Å². The molecule has 0 spiro atoms. The molecule has 0 bridgehead atoms. The lowest BCUT2D eigenvalue weighted by molar-refractivity contribution is -0.136. The van der Waals surface area contributed by atoms with E-state index in [0.717, 1.165) is 58.3 Å². The van der Waals surface area contributed by atoms with Gasteiger partial charge >= 0.3 is 5.97 Å². The van der Waals surface area contributed by atoms with Gasteiger partial charge in [-0.05, 0) is 37.0 Å². The van der Waals surface area contributed by atoms with Gasteiger partial charge in [-0.15, -0.1) is 12.4 Å². The summed E-state index contributed by atoms with van der Waals surface area (Å²) in [5.41, 5.74) is 0.714.